The van der Waals surface area contributed by atoms with E-state index >= 15 is 0 Å². The number of carbonyl (C=O) groups excluding carboxylic acids is 1. The van der Waals surface area contributed by atoms with Crippen LogP contribution in [0.4, 0.5) is 4.39 Å². The van der Waals surface area contributed by atoms with Gasteiger partial charge in [-0.1, -0.05) is 18.7 Å². The van der Waals surface area contributed by atoms with Crippen molar-refractivity contribution < 1.29 is 13.9 Å². The standard InChI is InChI=1S/C20H18FN3O2/c1-3-19(25)23-11-15(12-23)24-10-14-9-13(7-8-17(14)22-24)20-16(21)5-4-6-18(20)26-2/h3-10,15H,1,11-12H2,2H3. The molecule has 0 aliphatic carbocycles. The Bertz CT molecular complexity index is 1010. The average molecular weight is 351 g/mol. The zero-order valence-electron chi connectivity index (χ0n) is 14.4. The Balaban J connectivity index is 1.66. The molecule has 1 aromatic heterocycles. The van der Waals surface area contributed by atoms with Gasteiger partial charge in [0.05, 0.1) is 24.2 Å². The maximum Gasteiger partial charge on any atom is 0.246 e. The van der Waals surface area contributed by atoms with Crippen molar-refractivity contribution in [1.82, 2.24) is 14.7 Å². The fraction of sp³-hybridized carbons (Fsp3) is 0.200. The molecule has 26 heavy (non-hydrogen) atoms. The topological polar surface area (TPSA) is 47.4 Å². The maximum atomic E-state index is 14.3. The first-order chi connectivity index (χ1) is 12.6. The lowest BCUT2D eigenvalue weighted by Gasteiger charge is -2.38. The molecule has 2 aromatic carbocycles. The van der Waals surface area contributed by atoms with Crippen LogP contribution in [0, 0.1) is 5.82 Å². The first-order valence-corrected chi connectivity index (χ1v) is 8.34. The minimum atomic E-state index is -0.325. The number of fused-ring (bicyclic) bond motifs is 1. The molecule has 0 bridgehead atoms. The zero-order valence-corrected chi connectivity index (χ0v) is 14.4. The van der Waals surface area contributed by atoms with Gasteiger partial charge in [-0.2, -0.15) is 5.10 Å². The summed E-state index contributed by atoms with van der Waals surface area (Å²) in [6.07, 6.45) is 3.26. The quantitative estimate of drug-likeness (QED) is 0.677. The van der Waals surface area contributed by atoms with Crippen molar-refractivity contribution in [3.8, 4) is 16.9 Å². The van der Waals surface area contributed by atoms with Crippen molar-refractivity contribution in [2.75, 3.05) is 20.2 Å². The summed E-state index contributed by atoms with van der Waals surface area (Å²) in [7, 11) is 1.53. The van der Waals surface area contributed by atoms with E-state index in [1.807, 2.05) is 29.1 Å². The molecule has 2 heterocycles. The normalized spacial score (nSPS) is 14.3. The molecule has 132 valence electrons. The smallest absolute Gasteiger partial charge is 0.246 e. The van der Waals surface area contributed by atoms with Crippen LogP contribution < -0.4 is 4.74 Å². The highest BCUT2D eigenvalue weighted by atomic mass is 19.1. The first kappa shape index (κ1) is 16.3. The summed E-state index contributed by atoms with van der Waals surface area (Å²) in [4.78, 5) is 13.3. The lowest BCUT2D eigenvalue weighted by atomic mass is 10.0. The van der Waals surface area contributed by atoms with Crippen LogP contribution in [0.3, 0.4) is 0 Å². The Kier molecular flexibility index (Phi) is 3.95. The van der Waals surface area contributed by atoms with Crippen LogP contribution in [-0.4, -0.2) is 40.8 Å². The van der Waals surface area contributed by atoms with Gasteiger partial charge in [-0.25, -0.2) is 4.39 Å². The van der Waals surface area contributed by atoms with Crippen LogP contribution in [0.25, 0.3) is 22.0 Å². The van der Waals surface area contributed by atoms with Crippen molar-refractivity contribution >= 4 is 16.8 Å². The highest BCUT2D eigenvalue weighted by molar-refractivity contribution is 5.88. The van der Waals surface area contributed by atoms with Gasteiger partial charge in [0.2, 0.25) is 5.91 Å². The Morgan fingerprint density at radius 2 is 2.15 bits per heavy atom. The van der Waals surface area contributed by atoms with Gasteiger partial charge in [0.1, 0.15) is 11.6 Å². The number of hydrogen-bond donors (Lipinski definition) is 0. The number of carbonyl (C=O) groups is 1. The highest BCUT2D eigenvalue weighted by Gasteiger charge is 2.31. The van der Waals surface area contributed by atoms with E-state index < -0.39 is 0 Å². The molecular weight excluding hydrogens is 333 g/mol. The van der Waals surface area contributed by atoms with E-state index in [9.17, 15) is 9.18 Å². The molecule has 0 saturated carbocycles. The molecule has 0 atom stereocenters. The first-order valence-electron chi connectivity index (χ1n) is 8.34. The monoisotopic (exact) mass is 351 g/mol. The molecule has 0 spiro atoms. The summed E-state index contributed by atoms with van der Waals surface area (Å²) in [6.45, 7) is 4.74. The molecule has 0 unspecified atom stereocenters. The van der Waals surface area contributed by atoms with E-state index in [0.29, 0.717) is 24.4 Å². The van der Waals surface area contributed by atoms with E-state index in [1.165, 1.54) is 19.3 Å². The predicted molar refractivity (Wildman–Crippen MR) is 97.5 cm³/mol. The predicted octanol–water partition coefficient (Wildman–Crippen LogP) is 3.42. The Labute approximate surface area is 150 Å². The number of methoxy groups -OCH3 is 1. The molecule has 6 heteroatoms. The lowest BCUT2D eigenvalue weighted by molar-refractivity contribution is -0.131. The summed E-state index contributed by atoms with van der Waals surface area (Å²) >= 11 is 0. The maximum absolute atomic E-state index is 14.3. The second-order valence-electron chi connectivity index (χ2n) is 6.30. The fourth-order valence-corrected chi connectivity index (χ4v) is 3.27. The van der Waals surface area contributed by atoms with Crippen LogP contribution >= 0.6 is 0 Å². The van der Waals surface area contributed by atoms with Crippen molar-refractivity contribution in [1.29, 1.82) is 0 Å². The summed E-state index contributed by atoms with van der Waals surface area (Å²) in [5, 5.41) is 5.50. The Morgan fingerprint density at radius 3 is 2.88 bits per heavy atom. The third-order valence-electron chi connectivity index (χ3n) is 4.73. The van der Waals surface area contributed by atoms with Crippen LogP contribution in [0.1, 0.15) is 6.04 Å². The molecule has 1 aliphatic heterocycles. The Hall–Kier alpha value is -3.15. The molecule has 1 fully saturated rings. The van der Waals surface area contributed by atoms with Gasteiger partial charge in [0.25, 0.3) is 0 Å². The number of amides is 1. The average Bonchev–Trinajstić information content (AvgIpc) is 3.02. The van der Waals surface area contributed by atoms with Gasteiger partial charge in [-0.15, -0.1) is 0 Å². The molecular formula is C20H18FN3O2. The third kappa shape index (κ3) is 2.63. The highest BCUT2D eigenvalue weighted by Crippen LogP contribution is 2.34. The van der Waals surface area contributed by atoms with Crippen molar-refractivity contribution in [2.24, 2.45) is 0 Å². The van der Waals surface area contributed by atoms with Crippen molar-refractivity contribution in [2.45, 2.75) is 6.04 Å². The lowest BCUT2D eigenvalue weighted by Crippen LogP contribution is -2.50. The molecule has 4 rings (SSSR count). The summed E-state index contributed by atoms with van der Waals surface area (Å²) < 4.78 is 21.5. The second kappa shape index (κ2) is 6.29. The second-order valence-corrected chi connectivity index (χ2v) is 6.30. The number of nitrogens with zero attached hydrogens (tertiary/aromatic N) is 3. The number of aromatic nitrogens is 2. The number of hydrogen-bond acceptors (Lipinski definition) is 3. The molecule has 1 aliphatic rings. The number of likely N-dealkylation sites (tertiary alicyclic amines) is 1. The van der Waals surface area contributed by atoms with Gasteiger partial charge in [-0.05, 0) is 35.9 Å². The molecule has 1 amide bonds. The van der Waals surface area contributed by atoms with Crippen molar-refractivity contribution in [3.63, 3.8) is 0 Å². The number of benzene rings is 2. The van der Waals surface area contributed by atoms with Gasteiger partial charge < -0.3 is 9.64 Å². The summed E-state index contributed by atoms with van der Waals surface area (Å²) in [5.41, 5.74) is 2.01. The minimum absolute atomic E-state index is 0.0631. The number of ether oxygens (including phenoxy) is 1. The van der Waals surface area contributed by atoms with E-state index in [-0.39, 0.29) is 17.8 Å². The van der Waals surface area contributed by atoms with E-state index in [2.05, 4.69) is 11.7 Å². The SMILES string of the molecule is C=CC(=O)N1CC(n2cc3cc(-c4c(F)cccc4OC)ccc3n2)C1. The van der Waals surface area contributed by atoms with Crippen LogP contribution in [0.2, 0.25) is 0 Å². The van der Waals surface area contributed by atoms with Crippen LogP contribution in [0.15, 0.2) is 55.3 Å². The number of halogens is 1. The fourth-order valence-electron chi connectivity index (χ4n) is 3.27. The number of rotatable bonds is 4. The third-order valence-corrected chi connectivity index (χ3v) is 4.73. The molecule has 3 aromatic rings. The van der Waals surface area contributed by atoms with Crippen LogP contribution in [0.5, 0.6) is 5.75 Å². The Morgan fingerprint density at radius 1 is 1.35 bits per heavy atom. The van der Waals surface area contributed by atoms with Gasteiger partial charge in [0.15, 0.2) is 0 Å². The largest absolute Gasteiger partial charge is 0.496 e. The van der Waals surface area contributed by atoms with E-state index in [0.717, 1.165) is 16.5 Å². The summed E-state index contributed by atoms with van der Waals surface area (Å²) in [5.74, 6) is 0.106. The van der Waals surface area contributed by atoms with Gasteiger partial charge in [-0.3, -0.25) is 9.48 Å². The minimum Gasteiger partial charge on any atom is -0.496 e. The molecule has 0 N–H and O–H groups in total. The summed E-state index contributed by atoms with van der Waals surface area (Å²) in [6, 6.07) is 10.6. The van der Waals surface area contributed by atoms with E-state index in [1.54, 1.807) is 17.0 Å². The zero-order chi connectivity index (χ0) is 18.3. The van der Waals surface area contributed by atoms with Gasteiger partial charge in [0, 0.05) is 24.7 Å². The molecule has 1 saturated heterocycles. The molecule has 0 radical (unpaired) electrons. The van der Waals surface area contributed by atoms with Crippen molar-refractivity contribution in [3.05, 3.63) is 61.1 Å². The van der Waals surface area contributed by atoms with E-state index in [4.69, 9.17) is 4.74 Å². The van der Waals surface area contributed by atoms with Gasteiger partial charge >= 0.3 is 0 Å². The molecule has 5 nitrogen and oxygen atoms in total. The van der Waals surface area contributed by atoms with Crippen LogP contribution in [-0.2, 0) is 4.79 Å².